The van der Waals surface area contributed by atoms with Crippen LogP contribution in [-0.2, 0) is 23.6 Å². The van der Waals surface area contributed by atoms with E-state index in [0.717, 1.165) is 17.2 Å². The van der Waals surface area contributed by atoms with Gasteiger partial charge in [-0.1, -0.05) is 85.3 Å². The van der Waals surface area contributed by atoms with E-state index in [0.29, 0.717) is 16.7 Å². The second kappa shape index (κ2) is 9.91. The number of rotatable bonds is 7. The Bertz CT molecular complexity index is 1240. The van der Waals surface area contributed by atoms with Gasteiger partial charge in [-0.3, -0.25) is 0 Å². The van der Waals surface area contributed by atoms with Gasteiger partial charge in [-0.05, 0) is 36.6 Å². The highest BCUT2D eigenvalue weighted by atomic mass is 32.2. The third kappa shape index (κ3) is 5.05. The summed E-state index contributed by atoms with van der Waals surface area (Å²) in [5.41, 5.74) is 3.02. The molecule has 0 unspecified atom stereocenters. The van der Waals surface area contributed by atoms with Crippen molar-refractivity contribution in [2.75, 3.05) is 0 Å². The molecule has 0 saturated carbocycles. The van der Waals surface area contributed by atoms with Crippen LogP contribution in [0.4, 0.5) is 26.3 Å². The summed E-state index contributed by atoms with van der Waals surface area (Å²) in [5.74, 6) is -6.87. The Balaban J connectivity index is 0.00000408. The molecule has 0 aromatic heterocycles. The van der Waals surface area contributed by atoms with Crippen molar-refractivity contribution in [3.8, 4) is 28.0 Å². The van der Waals surface area contributed by atoms with Crippen molar-refractivity contribution in [3.05, 3.63) is 77.9 Å². The SMILES string of the molecule is Cc1ccc(-c2cccc(OS(=O)(=O)C(F)(F)C(F)(F)C(F)F)c2-c2ccc(C)cc2)cc1.[SH3+]. The monoisotopic (exact) mass is 523 g/mol. The van der Waals surface area contributed by atoms with Gasteiger partial charge >= 0.3 is 27.7 Å². The molecule has 11 heteroatoms. The van der Waals surface area contributed by atoms with Gasteiger partial charge in [0.15, 0.2) is 5.75 Å². The fourth-order valence-electron chi connectivity index (χ4n) is 3.06. The summed E-state index contributed by atoms with van der Waals surface area (Å²) in [5, 5.41) is -6.18. The Morgan fingerprint density at radius 3 is 1.71 bits per heavy atom. The van der Waals surface area contributed by atoms with Gasteiger partial charge in [-0.2, -0.15) is 26.0 Å². The summed E-state index contributed by atoms with van der Waals surface area (Å²) < 4.78 is 109. The van der Waals surface area contributed by atoms with E-state index in [1.807, 2.05) is 6.92 Å². The molecule has 3 aromatic carbocycles. The Kier molecular flexibility index (Phi) is 8.04. The van der Waals surface area contributed by atoms with Gasteiger partial charge in [-0.15, -0.1) is 0 Å². The zero-order valence-corrected chi connectivity index (χ0v) is 19.9. The molecule has 0 aliphatic carbocycles. The molecule has 34 heavy (non-hydrogen) atoms. The lowest BCUT2D eigenvalue weighted by Gasteiger charge is -2.25. The summed E-state index contributed by atoms with van der Waals surface area (Å²) in [6.07, 6.45) is -4.93. The van der Waals surface area contributed by atoms with E-state index in [-0.39, 0.29) is 19.1 Å². The molecule has 0 saturated heterocycles. The van der Waals surface area contributed by atoms with E-state index in [9.17, 15) is 34.8 Å². The molecule has 0 atom stereocenters. The number of halogens is 6. The van der Waals surface area contributed by atoms with Crippen molar-refractivity contribution >= 4 is 23.6 Å². The third-order valence-corrected chi connectivity index (χ3v) is 6.20. The van der Waals surface area contributed by atoms with Crippen LogP contribution in [0.5, 0.6) is 5.75 Å². The molecule has 0 spiro atoms. The van der Waals surface area contributed by atoms with Crippen LogP contribution in [-0.4, -0.2) is 26.0 Å². The predicted octanol–water partition coefficient (Wildman–Crippen LogP) is 6.03. The number of hydrogen-bond acceptors (Lipinski definition) is 3. The standard InChI is InChI=1S/C23H18F6O3S.H2S/c1-14-6-10-16(11-7-14)18-4-3-5-19(20(18)17-12-8-15(2)9-13-17)32-33(30,31)23(28,29)22(26,27)21(24)25;/h3-13,21H,1-2H3;1H2/p+1. The molecule has 0 amide bonds. The average Bonchev–Trinajstić information content (AvgIpc) is 2.74. The van der Waals surface area contributed by atoms with E-state index in [4.69, 9.17) is 0 Å². The Morgan fingerprint density at radius 2 is 1.24 bits per heavy atom. The first-order valence-electron chi connectivity index (χ1n) is 9.53. The first-order chi connectivity index (χ1) is 15.3. The lowest BCUT2D eigenvalue weighted by molar-refractivity contribution is -0.227. The minimum absolute atomic E-state index is 0. The highest BCUT2D eigenvalue weighted by Gasteiger charge is 2.72. The van der Waals surface area contributed by atoms with Gasteiger partial charge in [0.2, 0.25) is 0 Å². The second-order valence-corrected chi connectivity index (χ2v) is 8.98. The van der Waals surface area contributed by atoms with E-state index in [1.165, 1.54) is 6.07 Å². The summed E-state index contributed by atoms with van der Waals surface area (Å²) in [4.78, 5) is 0. The second-order valence-electron chi connectivity index (χ2n) is 7.39. The average molecular weight is 524 g/mol. The highest BCUT2D eigenvalue weighted by molar-refractivity contribution is 7.88. The van der Waals surface area contributed by atoms with Crippen LogP contribution in [0.2, 0.25) is 0 Å². The number of hydrogen-bond donors (Lipinski definition) is 0. The van der Waals surface area contributed by atoms with Crippen molar-refractivity contribution in [3.63, 3.8) is 0 Å². The normalized spacial score (nSPS) is 12.4. The van der Waals surface area contributed by atoms with E-state index in [1.54, 1.807) is 61.5 Å². The molecule has 0 heterocycles. The zero-order valence-electron chi connectivity index (χ0n) is 17.9. The van der Waals surface area contributed by atoms with Gasteiger partial charge in [0.1, 0.15) is 0 Å². The quantitative estimate of drug-likeness (QED) is 0.216. The maximum atomic E-state index is 14.0. The maximum absolute atomic E-state index is 14.0. The minimum atomic E-state index is -6.52. The molecule has 0 aliphatic heterocycles. The van der Waals surface area contributed by atoms with Gasteiger partial charge in [0, 0.05) is 5.56 Å². The molecule has 0 aliphatic rings. The molecule has 3 nitrogen and oxygen atoms in total. The third-order valence-electron chi connectivity index (χ3n) is 4.90. The van der Waals surface area contributed by atoms with Gasteiger partial charge in [0.05, 0.1) is 0 Å². The van der Waals surface area contributed by atoms with Gasteiger partial charge in [-0.25, -0.2) is 8.78 Å². The molecule has 3 rings (SSSR count). The fraction of sp³-hybridized carbons (Fsp3) is 0.217. The summed E-state index contributed by atoms with van der Waals surface area (Å²) in [6, 6.07) is 17.2. The largest absolute Gasteiger partial charge is 0.448 e. The van der Waals surface area contributed by atoms with Crippen LogP contribution in [0.25, 0.3) is 22.3 Å². The Labute approximate surface area is 200 Å². The highest BCUT2D eigenvalue weighted by Crippen LogP contribution is 2.46. The van der Waals surface area contributed by atoms with Crippen LogP contribution >= 0.6 is 0 Å². The van der Waals surface area contributed by atoms with Crippen molar-refractivity contribution < 1.29 is 38.9 Å². The fourth-order valence-corrected chi connectivity index (χ4v) is 3.96. The molecular weight excluding hydrogens is 502 g/mol. The lowest BCUT2D eigenvalue weighted by atomic mass is 9.93. The number of benzene rings is 3. The maximum Gasteiger partial charge on any atom is 0.448 e. The lowest BCUT2D eigenvalue weighted by Crippen LogP contribution is -2.53. The van der Waals surface area contributed by atoms with Crippen LogP contribution in [0, 0.1) is 13.8 Å². The smallest absolute Gasteiger partial charge is 0.377 e. The van der Waals surface area contributed by atoms with E-state index in [2.05, 4.69) is 4.18 Å². The molecule has 0 N–H and O–H groups in total. The predicted molar refractivity (Wildman–Crippen MR) is 124 cm³/mol. The van der Waals surface area contributed by atoms with Crippen molar-refractivity contribution in [1.82, 2.24) is 0 Å². The van der Waals surface area contributed by atoms with Crippen LogP contribution < -0.4 is 4.18 Å². The number of aryl methyl sites for hydroxylation is 2. The van der Waals surface area contributed by atoms with Crippen molar-refractivity contribution in [1.29, 1.82) is 0 Å². The topological polar surface area (TPSA) is 43.4 Å². The van der Waals surface area contributed by atoms with E-state index >= 15 is 0 Å². The summed E-state index contributed by atoms with van der Waals surface area (Å²) in [6.45, 7) is 3.62. The molecule has 0 fully saturated rings. The summed E-state index contributed by atoms with van der Waals surface area (Å²) in [7, 11) is -6.52. The molecule has 184 valence electrons. The Hall–Kier alpha value is -2.66. The number of alkyl halides is 6. The molecule has 0 radical (unpaired) electrons. The van der Waals surface area contributed by atoms with E-state index < -0.39 is 33.5 Å². The van der Waals surface area contributed by atoms with Crippen LogP contribution in [0.1, 0.15) is 11.1 Å². The molecular formula is C23H21F6O3S2+. The van der Waals surface area contributed by atoms with Gasteiger partial charge < -0.3 is 4.18 Å². The molecule has 3 aromatic rings. The first kappa shape index (κ1) is 27.6. The van der Waals surface area contributed by atoms with Gasteiger partial charge in [0.25, 0.3) is 0 Å². The minimum Gasteiger partial charge on any atom is -0.377 e. The first-order valence-corrected chi connectivity index (χ1v) is 10.9. The molecule has 0 bridgehead atoms. The zero-order chi connectivity index (χ0) is 24.6. The van der Waals surface area contributed by atoms with Crippen molar-refractivity contribution in [2.24, 2.45) is 0 Å². The summed E-state index contributed by atoms with van der Waals surface area (Å²) >= 11 is 0. The van der Waals surface area contributed by atoms with Crippen molar-refractivity contribution in [2.45, 2.75) is 31.5 Å². The Morgan fingerprint density at radius 1 is 0.765 bits per heavy atom. The van der Waals surface area contributed by atoms with Crippen LogP contribution in [0.3, 0.4) is 0 Å². The van der Waals surface area contributed by atoms with Crippen LogP contribution in [0.15, 0.2) is 66.7 Å².